The van der Waals surface area contributed by atoms with Gasteiger partial charge in [-0.1, -0.05) is 13.8 Å². The number of carbonyl (C=O) groups excluding carboxylic acids is 1. The molecule has 4 nitrogen and oxygen atoms in total. The Balaban J connectivity index is 2.08. The van der Waals surface area contributed by atoms with Crippen molar-refractivity contribution in [3.63, 3.8) is 0 Å². The van der Waals surface area contributed by atoms with Gasteiger partial charge >= 0.3 is 0 Å². The third kappa shape index (κ3) is 4.13. The molecule has 0 aliphatic heterocycles. The predicted molar refractivity (Wildman–Crippen MR) is 86.9 cm³/mol. The Morgan fingerprint density at radius 3 is 2.67 bits per heavy atom. The Labute approximate surface area is 127 Å². The molecule has 1 aromatic carbocycles. The lowest BCUT2D eigenvalue weighted by atomic mass is 9.80. The maximum Gasteiger partial charge on any atom is 0.221 e. The monoisotopic (exact) mass is 290 g/mol. The van der Waals surface area contributed by atoms with E-state index in [2.05, 4.69) is 24.5 Å². The molecule has 0 radical (unpaired) electrons. The standard InChI is InChI=1S/C17H26N2O2/c1-11-5-7-15(12(2)9-11)19-14-6-8-16(18-13(3)20)17(10-14)21-4/h6,8,10-12,15,19H,5,7,9H2,1-4H3,(H,18,20). The zero-order chi connectivity index (χ0) is 15.4. The van der Waals surface area contributed by atoms with Crippen LogP contribution in [0.5, 0.6) is 5.75 Å². The summed E-state index contributed by atoms with van der Waals surface area (Å²) in [6.07, 6.45) is 3.76. The summed E-state index contributed by atoms with van der Waals surface area (Å²) < 4.78 is 5.37. The van der Waals surface area contributed by atoms with Gasteiger partial charge in [-0.25, -0.2) is 0 Å². The second-order valence-electron chi connectivity index (χ2n) is 6.24. The number of anilines is 2. The van der Waals surface area contributed by atoms with Gasteiger partial charge in [0.2, 0.25) is 5.91 Å². The van der Waals surface area contributed by atoms with Gasteiger partial charge in [0, 0.05) is 24.7 Å². The Kier molecular flexibility index (Phi) is 5.10. The van der Waals surface area contributed by atoms with Gasteiger partial charge in [-0.3, -0.25) is 4.79 Å². The molecule has 1 aliphatic carbocycles. The van der Waals surface area contributed by atoms with E-state index in [-0.39, 0.29) is 5.91 Å². The number of methoxy groups -OCH3 is 1. The predicted octanol–water partition coefficient (Wildman–Crippen LogP) is 3.89. The molecule has 0 spiro atoms. The zero-order valence-electron chi connectivity index (χ0n) is 13.4. The molecule has 0 heterocycles. The normalized spacial score (nSPS) is 25.2. The first kappa shape index (κ1) is 15.7. The molecule has 21 heavy (non-hydrogen) atoms. The summed E-state index contributed by atoms with van der Waals surface area (Å²) in [7, 11) is 1.62. The first-order valence-corrected chi connectivity index (χ1v) is 7.71. The molecular formula is C17H26N2O2. The summed E-state index contributed by atoms with van der Waals surface area (Å²) in [5.74, 6) is 2.10. The Bertz CT molecular complexity index is 502. The van der Waals surface area contributed by atoms with Crippen molar-refractivity contribution in [2.24, 2.45) is 11.8 Å². The largest absolute Gasteiger partial charge is 0.494 e. The number of benzene rings is 1. The van der Waals surface area contributed by atoms with Crippen LogP contribution in [-0.2, 0) is 4.79 Å². The lowest BCUT2D eigenvalue weighted by molar-refractivity contribution is -0.114. The second-order valence-corrected chi connectivity index (χ2v) is 6.24. The molecule has 1 saturated carbocycles. The van der Waals surface area contributed by atoms with Gasteiger partial charge in [0.1, 0.15) is 5.75 Å². The molecular weight excluding hydrogens is 264 g/mol. The van der Waals surface area contributed by atoms with Gasteiger partial charge in [-0.05, 0) is 43.2 Å². The van der Waals surface area contributed by atoms with E-state index in [1.54, 1.807) is 7.11 Å². The molecule has 0 saturated heterocycles. The minimum Gasteiger partial charge on any atom is -0.494 e. The Hall–Kier alpha value is -1.71. The van der Waals surface area contributed by atoms with Crippen LogP contribution in [0.4, 0.5) is 11.4 Å². The number of nitrogens with one attached hydrogen (secondary N) is 2. The molecule has 1 aliphatic rings. The summed E-state index contributed by atoms with van der Waals surface area (Å²) in [6, 6.07) is 6.35. The molecule has 4 heteroatoms. The minimum atomic E-state index is -0.0936. The van der Waals surface area contributed by atoms with Crippen LogP contribution in [-0.4, -0.2) is 19.1 Å². The first-order chi connectivity index (χ1) is 9.99. The van der Waals surface area contributed by atoms with Gasteiger partial charge in [-0.2, -0.15) is 0 Å². The number of ether oxygens (including phenoxy) is 1. The molecule has 3 unspecified atom stereocenters. The average Bonchev–Trinajstić information content (AvgIpc) is 2.43. The van der Waals surface area contributed by atoms with Crippen molar-refractivity contribution in [3.8, 4) is 5.75 Å². The fourth-order valence-electron chi connectivity index (χ4n) is 3.17. The highest BCUT2D eigenvalue weighted by Crippen LogP contribution is 2.33. The second kappa shape index (κ2) is 6.83. The molecule has 116 valence electrons. The van der Waals surface area contributed by atoms with Crippen molar-refractivity contribution in [2.45, 2.75) is 46.1 Å². The van der Waals surface area contributed by atoms with Crippen LogP contribution in [0.15, 0.2) is 18.2 Å². The molecule has 1 fully saturated rings. The van der Waals surface area contributed by atoms with Crippen LogP contribution in [0, 0.1) is 11.8 Å². The molecule has 3 atom stereocenters. The number of hydrogen-bond donors (Lipinski definition) is 2. The van der Waals surface area contributed by atoms with Crippen molar-refractivity contribution < 1.29 is 9.53 Å². The SMILES string of the molecule is COc1cc(NC2CCC(C)CC2C)ccc1NC(C)=O. The Morgan fingerprint density at radius 2 is 2.05 bits per heavy atom. The summed E-state index contributed by atoms with van der Waals surface area (Å²) in [4.78, 5) is 11.2. The lowest BCUT2D eigenvalue weighted by Gasteiger charge is -2.34. The van der Waals surface area contributed by atoms with E-state index in [9.17, 15) is 4.79 Å². The van der Waals surface area contributed by atoms with E-state index in [1.807, 2.05) is 18.2 Å². The highest BCUT2D eigenvalue weighted by molar-refractivity contribution is 5.90. The maximum absolute atomic E-state index is 11.2. The van der Waals surface area contributed by atoms with E-state index in [1.165, 1.54) is 26.2 Å². The van der Waals surface area contributed by atoms with Crippen LogP contribution >= 0.6 is 0 Å². The van der Waals surface area contributed by atoms with Crippen LogP contribution in [0.2, 0.25) is 0 Å². The van der Waals surface area contributed by atoms with E-state index in [4.69, 9.17) is 4.74 Å². The van der Waals surface area contributed by atoms with Gasteiger partial charge in [0.05, 0.1) is 12.8 Å². The quantitative estimate of drug-likeness (QED) is 0.884. The van der Waals surface area contributed by atoms with Crippen molar-refractivity contribution in [2.75, 3.05) is 17.7 Å². The number of carbonyl (C=O) groups is 1. The molecule has 1 amide bonds. The van der Waals surface area contributed by atoms with E-state index in [0.29, 0.717) is 23.4 Å². The van der Waals surface area contributed by atoms with Crippen LogP contribution < -0.4 is 15.4 Å². The maximum atomic E-state index is 11.2. The van der Waals surface area contributed by atoms with E-state index < -0.39 is 0 Å². The topological polar surface area (TPSA) is 50.4 Å². The zero-order valence-corrected chi connectivity index (χ0v) is 13.4. The number of amides is 1. The van der Waals surface area contributed by atoms with Gasteiger partial charge in [-0.15, -0.1) is 0 Å². The van der Waals surface area contributed by atoms with Gasteiger partial charge in [0.25, 0.3) is 0 Å². The summed E-state index contributed by atoms with van der Waals surface area (Å²) >= 11 is 0. The van der Waals surface area contributed by atoms with E-state index >= 15 is 0 Å². The third-order valence-electron chi connectivity index (χ3n) is 4.30. The summed E-state index contributed by atoms with van der Waals surface area (Å²) in [6.45, 7) is 6.14. The fourth-order valence-corrected chi connectivity index (χ4v) is 3.17. The van der Waals surface area contributed by atoms with Crippen molar-refractivity contribution in [1.82, 2.24) is 0 Å². The van der Waals surface area contributed by atoms with Crippen molar-refractivity contribution in [1.29, 1.82) is 0 Å². The molecule has 1 aromatic rings. The fraction of sp³-hybridized carbons (Fsp3) is 0.588. The average molecular weight is 290 g/mol. The Morgan fingerprint density at radius 1 is 1.29 bits per heavy atom. The number of hydrogen-bond acceptors (Lipinski definition) is 3. The van der Waals surface area contributed by atoms with Crippen molar-refractivity contribution >= 4 is 17.3 Å². The minimum absolute atomic E-state index is 0.0936. The highest BCUT2D eigenvalue weighted by Gasteiger charge is 2.25. The van der Waals surface area contributed by atoms with Crippen LogP contribution in [0.1, 0.15) is 40.0 Å². The third-order valence-corrected chi connectivity index (χ3v) is 4.30. The molecule has 2 N–H and O–H groups in total. The van der Waals surface area contributed by atoms with Crippen molar-refractivity contribution in [3.05, 3.63) is 18.2 Å². The van der Waals surface area contributed by atoms with E-state index in [0.717, 1.165) is 11.6 Å². The van der Waals surface area contributed by atoms with Gasteiger partial charge < -0.3 is 15.4 Å². The summed E-state index contributed by atoms with van der Waals surface area (Å²) in [5.41, 5.74) is 1.76. The van der Waals surface area contributed by atoms with Gasteiger partial charge in [0.15, 0.2) is 0 Å². The molecule has 2 rings (SSSR count). The first-order valence-electron chi connectivity index (χ1n) is 7.71. The van der Waals surface area contributed by atoms with Crippen LogP contribution in [0.3, 0.4) is 0 Å². The molecule has 0 aromatic heterocycles. The molecule has 0 bridgehead atoms. The summed E-state index contributed by atoms with van der Waals surface area (Å²) in [5, 5.41) is 6.39. The highest BCUT2D eigenvalue weighted by atomic mass is 16.5. The lowest BCUT2D eigenvalue weighted by Crippen LogP contribution is -2.32. The number of rotatable bonds is 4. The smallest absolute Gasteiger partial charge is 0.221 e. The van der Waals surface area contributed by atoms with Crippen LogP contribution in [0.25, 0.3) is 0 Å².